The first kappa shape index (κ1) is 22.2. The number of hydrogen-bond donors (Lipinski definition) is 3. The summed E-state index contributed by atoms with van der Waals surface area (Å²) in [4.78, 5) is 12.7. The van der Waals surface area contributed by atoms with Crippen LogP contribution in [0, 0.1) is 0 Å². The number of H-pyrrole nitrogens is 1. The van der Waals surface area contributed by atoms with Crippen LogP contribution in [0.15, 0.2) is 47.5 Å². The molecule has 3 N–H and O–H groups in total. The number of nitrogens with one attached hydrogen (secondary N) is 3. The van der Waals surface area contributed by atoms with Crippen molar-refractivity contribution < 1.29 is 9.47 Å². The number of aromatic amines is 1. The second-order valence-electron chi connectivity index (χ2n) is 6.90. The Hall–Kier alpha value is -2.49. The first-order chi connectivity index (χ1) is 14.3. The molecule has 1 aliphatic heterocycles. The van der Waals surface area contributed by atoms with Gasteiger partial charge in [0.1, 0.15) is 5.82 Å². The number of rotatable bonds is 6. The third-order valence-corrected chi connectivity index (χ3v) is 4.63. The smallest absolute Gasteiger partial charge is 0.195 e. The van der Waals surface area contributed by atoms with E-state index < -0.39 is 0 Å². The largest absolute Gasteiger partial charge is 0.490 e. The van der Waals surface area contributed by atoms with Crippen molar-refractivity contribution in [1.82, 2.24) is 15.3 Å². The minimum Gasteiger partial charge on any atom is -0.490 e. The van der Waals surface area contributed by atoms with Gasteiger partial charge in [0.25, 0.3) is 0 Å². The van der Waals surface area contributed by atoms with Gasteiger partial charge in [-0.05, 0) is 37.6 Å². The molecule has 0 spiro atoms. The van der Waals surface area contributed by atoms with E-state index in [0.29, 0.717) is 19.8 Å². The van der Waals surface area contributed by atoms with E-state index in [1.165, 1.54) is 0 Å². The highest BCUT2D eigenvalue weighted by Gasteiger charge is 2.11. The van der Waals surface area contributed by atoms with Crippen molar-refractivity contribution in [3.05, 3.63) is 48.3 Å². The van der Waals surface area contributed by atoms with E-state index in [9.17, 15) is 0 Å². The van der Waals surface area contributed by atoms with Crippen LogP contribution in [0.5, 0.6) is 11.5 Å². The molecule has 0 fully saturated rings. The number of hydrogen-bond acceptors (Lipinski definition) is 4. The molecule has 0 radical (unpaired) electrons. The highest BCUT2D eigenvalue weighted by atomic mass is 127. The number of para-hydroxylation sites is 2. The maximum atomic E-state index is 5.77. The number of aliphatic imine (C=N–C) groups is 1. The molecule has 1 aromatic heterocycles. The van der Waals surface area contributed by atoms with Gasteiger partial charge in [-0.2, -0.15) is 0 Å². The predicted molar refractivity (Wildman–Crippen MR) is 131 cm³/mol. The fourth-order valence-electron chi connectivity index (χ4n) is 3.25. The number of benzene rings is 2. The van der Waals surface area contributed by atoms with Crippen molar-refractivity contribution in [1.29, 1.82) is 0 Å². The number of guanidine groups is 1. The fraction of sp³-hybridized carbons (Fsp3) is 0.364. The third-order valence-electron chi connectivity index (χ3n) is 4.63. The van der Waals surface area contributed by atoms with Gasteiger partial charge in [-0.1, -0.05) is 12.1 Å². The Morgan fingerprint density at radius 2 is 1.97 bits per heavy atom. The second kappa shape index (κ2) is 11.1. The zero-order valence-electron chi connectivity index (χ0n) is 17.1. The Kier molecular flexibility index (Phi) is 8.18. The molecule has 0 amide bonds. The Balaban J connectivity index is 0.00000256. The van der Waals surface area contributed by atoms with E-state index in [1.807, 2.05) is 42.5 Å². The van der Waals surface area contributed by atoms with E-state index in [-0.39, 0.29) is 24.0 Å². The van der Waals surface area contributed by atoms with Gasteiger partial charge in [0.2, 0.25) is 0 Å². The summed E-state index contributed by atoms with van der Waals surface area (Å²) < 4.78 is 11.5. The molecule has 0 saturated heterocycles. The van der Waals surface area contributed by atoms with E-state index >= 15 is 0 Å². The molecule has 2 aromatic carbocycles. The summed E-state index contributed by atoms with van der Waals surface area (Å²) >= 11 is 0. The minimum atomic E-state index is 0. The number of nitrogens with zero attached hydrogens (tertiary/aromatic N) is 2. The molecule has 3 aromatic rings. The molecule has 1 aliphatic rings. The van der Waals surface area contributed by atoms with Crippen molar-refractivity contribution in [2.75, 3.05) is 31.6 Å². The maximum Gasteiger partial charge on any atom is 0.195 e. The van der Waals surface area contributed by atoms with Crippen LogP contribution in [0.25, 0.3) is 11.0 Å². The summed E-state index contributed by atoms with van der Waals surface area (Å²) in [7, 11) is 0. The van der Waals surface area contributed by atoms with Gasteiger partial charge in [0, 0.05) is 37.7 Å². The zero-order valence-corrected chi connectivity index (χ0v) is 19.4. The summed E-state index contributed by atoms with van der Waals surface area (Å²) in [5.74, 6) is 3.32. The predicted octanol–water partition coefficient (Wildman–Crippen LogP) is 4.35. The molecule has 0 atom stereocenters. The van der Waals surface area contributed by atoms with Gasteiger partial charge in [-0.3, -0.25) is 4.99 Å². The minimum absolute atomic E-state index is 0. The Labute approximate surface area is 193 Å². The third kappa shape index (κ3) is 5.78. The lowest BCUT2D eigenvalue weighted by Gasteiger charge is -2.13. The van der Waals surface area contributed by atoms with Gasteiger partial charge in [0.05, 0.1) is 24.2 Å². The lowest BCUT2D eigenvalue weighted by Crippen LogP contribution is -2.30. The highest BCUT2D eigenvalue weighted by Crippen LogP contribution is 2.32. The van der Waals surface area contributed by atoms with Crippen molar-refractivity contribution in [2.45, 2.75) is 26.2 Å². The van der Waals surface area contributed by atoms with Crippen LogP contribution in [-0.4, -0.2) is 42.2 Å². The van der Waals surface area contributed by atoms with Crippen molar-refractivity contribution in [3.63, 3.8) is 0 Å². The number of imidazole rings is 1. The van der Waals surface area contributed by atoms with Crippen LogP contribution in [0.2, 0.25) is 0 Å². The van der Waals surface area contributed by atoms with Crippen LogP contribution in [0.4, 0.5) is 5.69 Å². The van der Waals surface area contributed by atoms with Gasteiger partial charge in [-0.25, -0.2) is 4.98 Å². The second-order valence-corrected chi connectivity index (χ2v) is 6.90. The normalized spacial score (nSPS) is 13.4. The van der Waals surface area contributed by atoms with E-state index in [2.05, 4.69) is 32.5 Å². The molecule has 30 heavy (non-hydrogen) atoms. The van der Waals surface area contributed by atoms with Crippen LogP contribution in [0.3, 0.4) is 0 Å². The summed E-state index contributed by atoms with van der Waals surface area (Å²) in [5.41, 5.74) is 3.01. The Morgan fingerprint density at radius 3 is 2.80 bits per heavy atom. The molecule has 8 heteroatoms. The standard InChI is InChI=1S/C22H27N5O2.HI/c1-2-23-22(25-16-10-11-19-20(15-16)29-14-6-13-28-19)24-12-5-9-21-26-17-7-3-4-8-18(17)27-21;/h3-4,7-8,10-11,15H,2,5-6,9,12-14H2,1H3,(H,26,27)(H2,23,24,25);1H. The molecule has 160 valence electrons. The van der Waals surface area contributed by atoms with Gasteiger partial charge in [0.15, 0.2) is 17.5 Å². The lowest BCUT2D eigenvalue weighted by molar-refractivity contribution is 0.297. The van der Waals surface area contributed by atoms with Gasteiger partial charge >= 0.3 is 0 Å². The monoisotopic (exact) mass is 521 g/mol. The first-order valence-electron chi connectivity index (χ1n) is 10.2. The lowest BCUT2D eigenvalue weighted by atomic mass is 10.2. The number of aromatic nitrogens is 2. The first-order valence-corrected chi connectivity index (χ1v) is 10.2. The highest BCUT2D eigenvalue weighted by molar-refractivity contribution is 14.0. The van der Waals surface area contributed by atoms with Crippen LogP contribution in [0.1, 0.15) is 25.6 Å². The summed E-state index contributed by atoms with van der Waals surface area (Å²) in [6.07, 6.45) is 2.67. The SMILES string of the molecule is CCNC(=NCCCc1nc2ccccc2[nH]1)Nc1ccc2c(c1)OCCCO2.I. The van der Waals surface area contributed by atoms with Crippen LogP contribution in [-0.2, 0) is 6.42 Å². The maximum absolute atomic E-state index is 5.77. The average Bonchev–Trinajstić information content (AvgIpc) is 3.00. The summed E-state index contributed by atoms with van der Waals surface area (Å²) in [5, 5.41) is 6.64. The van der Waals surface area contributed by atoms with Crippen LogP contribution < -0.4 is 20.1 Å². The topological polar surface area (TPSA) is 83.6 Å². The molecule has 7 nitrogen and oxygen atoms in total. The molecule has 0 aliphatic carbocycles. The average molecular weight is 521 g/mol. The number of halogens is 1. The van der Waals surface area contributed by atoms with Crippen molar-refractivity contribution >= 4 is 46.7 Å². The molecule has 4 rings (SSSR count). The molecule has 2 heterocycles. The number of anilines is 1. The van der Waals surface area contributed by atoms with Crippen molar-refractivity contribution in [3.8, 4) is 11.5 Å². The molecular formula is C22H28IN5O2. The number of aryl methyl sites for hydroxylation is 1. The fourth-order valence-corrected chi connectivity index (χ4v) is 3.25. The molecule has 0 bridgehead atoms. The summed E-state index contributed by atoms with van der Waals surface area (Å²) in [6, 6.07) is 14.0. The van der Waals surface area contributed by atoms with E-state index in [4.69, 9.17) is 9.47 Å². The zero-order chi connectivity index (χ0) is 19.9. The van der Waals surface area contributed by atoms with Crippen molar-refractivity contribution in [2.24, 2.45) is 4.99 Å². The molecule has 0 unspecified atom stereocenters. The molecular weight excluding hydrogens is 493 g/mol. The Bertz CT molecular complexity index is 956. The molecule has 0 saturated carbocycles. The van der Waals surface area contributed by atoms with E-state index in [1.54, 1.807) is 0 Å². The van der Waals surface area contributed by atoms with Gasteiger partial charge in [-0.15, -0.1) is 24.0 Å². The van der Waals surface area contributed by atoms with Crippen LogP contribution >= 0.6 is 24.0 Å². The van der Waals surface area contributed by atoms with Gasteiger partial charge < -0.3 is 25.1 Å². The quantitative estimate of drug-likeness (QED) is 0.195. The summed E-state index contributed by atoms with van der Waals surface area (Å²) in [6.45, 7) is 4.91. The Morgan fingerprint density at radius 1 is 1.13 bits per heavy atom. The van der Waals surface area contributed by atoms with E-state index in [0.717, 1.165) is 65.8 Å². The number of ether oxygens (including phenoxy) is 2. The number of fused-ring (bicyclic) bond motifs is 2.